The molecule has 0 bridgehead atoms. The molecule has 0 saturated carbocycles. The van der Waals surface area contributed by atoms with Gasteiger partial charge in [-0.15, -0.1) is 0 Å². The molecule has 0 saturated heterocycles. The fraction of sp³-hybridized carbons (Fsp3) is 0.231. The maximum atomic E-state index is 10.2. The van der Waals surface area contributed by atoms with Crippen molar-refractivity contribution >= 4 is 23.2 Å². The minimum atomic E-state index is -0.760. The minimum absolute atomic E-state index is 0.320. The van der Waals surface area contributed by atoms with Crippen LogP contribution in [-0.4, -0.2) is 22.2 Å². The molecule has 2 aromatic rings. The molecule has 0 aliphatic rings. The zero-order valence-electron chi connectivity index (χ0n) is 10.2. The fourth-order valence-corrected chi connectivity index (χ4v) is 2.21. The molecular formula is C13H12Cl2N2O2. The molecule has 19 heavy (non-hydrogen) atoms. The van der Waals surface area contributed by atoms with Crippen LogP contribution < -0.4 is 4.74 Å². The Hall–Kier alpha value is -1.36. The summed E-state index contributed by atoms with van der Waals surface area (Å²) >= 11 is 11.9. The molecule has 1 atom stereocenters. The molecule has 0 amide bonds. The molecule has 1 aromatic heterocycles. The van der Waals surface area contributed by atoms with Gasteiger partial charge in [-0.2, -0.15) is 0 Å². The van der Waals surface area contributed by atoms with Crippen LogP contribution in [0.25, 0.3) is 0 Å². The number of halogens is 2. The van der Waals surface area contributed by atoms with Crippen LogP contribution in [0.2, 0.25) is 10.0 Å². The summed E-state index contributed by atoms with van der Waals surface area (Å²) < 4.78 is 5.01. The van der Waals surface area contributed by atoms with E-state index in [1.54, 1.807) is 24.3 Å². The molecule has 0 fully saturated rings. The summed E-state index contributed by atoms with van der Waals surface area (Å²) in [4.78, 5) is 7.99. The number of hydrogen-bond donors (Lipinski definition) is 1. The van der Waals surface area contributed by atoms with Crippen LogP contribution in [0.5, 0.6) is 5.88 Å². The van der Waals surface area contributed by atoms with Crippen molar-refractivity contribution in [1.82, 2.24) is 9.97 Å². The van der Waals surface area contributed by atoms with Gasteiger partial charge in [-0.25, -0.2) is 9.97 Å². The van der Waals surface area contributed by atoms with Gasteiger partial charge in [0.05, 0.1) is 18.9 Å². The highest BCUT2D eigenvalue weighted by molar-refractivity contribution is 6.35. The lowest BCUT2D eigenvalue weighted by atomic mass is 10.0. The summed E-state index contributed by atoms with van der Waals surface area (Å²) in [6.07, 6.45) is 0.953. The van der Waals surface area contributed by atoms with Gasteiger partial charge in [0.15, 0.2) is 0 Å². The van der Waals surface area contributed by atoms with Gasteiger partial charge in [0, 0.05) is 22.5 Å². The lowest BCUT2D eigenvalue weighted by Crippen LogP contribution is -2.05. The monoisotopic (exact) mass is 298 g/mol. The van der Waals surface area contributed by atoms with Crippen molar-refractivity contribution in [2.75, 3.05) is 7.11 Å². The molecule has 0 radical (unpaired) electrons. The van der Waals surface area contributed by atoms with Gasteiger partial charge >= 0.3 is 0 Å². The van der Waals surface area contributed by atoms with Crippen molar-refractivity contribution < 1.29 is 9.84 Å². The van der Waals surface area contributed by atoms with E-state index in [0.29, 0.717) is 33.6 Å². The van der Waals surface area contributed by atoms with Gasteiger partial charge < -0.3 is 9.84 Å². The number of rotatable bonds is 4. The molecule has 1 N–H and O–H groups in total. The summed E-state index contributed by atoms with van der Waals surface area (Å²) in [7, 11) is 1.53. The second-order valence-corrected chi connectivity index (χ2v) is 4.78. The second kappa shape index (κ2) is 6.19. The third kappa shape index (κ3) is 3.56. The number of aliphatic hydroxyl groups is 1. The van der Waals surface area contributed by atoms with Crippen molar-refractivity contribution in [2.45, 2.75) is 12.5 Å². The molecule has 0 aliphatic heterocycles. The molecular weight excluding hydrogens is 287 g/mol. The van der Waals surface area contributed by atoms with E-state index < -0.39 is 6.10 Å². The highest BCUT2D eigenvalue weighted by atomic mass is 35.5. The van der Waals surface area contributed by atoms with E-state index in [1.807, 2.05) is 0 Å². The van der Waals surface area contributed by atoms with Gasteiger partial charge in [-0.05, 0) is 17.7 Å². The smallest absolute Gasteiger partial charge is 0.216 e. The number of methoxy groups -OCH3 is 1. The van der Waals surface area contributed by atoms with E-state index >= 15 is 0 Å². The molecule has 2 rings (SSSR count). The van der Waals surface area contributed by atoms with E-state index in [1.165, 1.54) is 13.4 Å². The number of aromatic nitrogens is 2. The molecule has 0 spiro atoms. The number of hydrogen-bond acceptors (Lipinski definition) is 4. The Kier molecular flexibility index (Phi) is 4.58. The fourth-order valence-electron chi connectivity index (χ4n) is 1.68. The molecule has 6 heteroatoms. The third-order valence-electron chi connectivity index (χ3n) is 2.63. The van der Waals surface area contributed by atoms with Crippen LogP contribution in [0.15, 0.2) is 30.6 Å². The van der Waals surface area contributed by atoms with Crippen molar-refractivity contribution in [2.24, 2.45) is 0 Å². The number of nitrogens with zero attached hydrogens (tertiary/aromatic N) is 2. The summed E-state index contributed by atoms with van der Waals surface area (Å²) in [5, 5.41) is 11.1. The maximum absolute atomic E-state index is 10.2. The van der Waals surface area contributed by atoms with Crippen LogP contribution in [0.3, 0.4) is 0 Å². The van der Waals surface area contributed by atoms with E-state index in [0.717, 1.165) is 0 Å². The largest absolute Gasteiger partial charge is 0.481 e. The summed E-state index contributed by atoms with van der Waals surface area (Å²) in [5.41, 5.74) is 1.29. The van der Waals surface area contributed by atoms with Gasteiger partial charge in [0.1, 0.15) is 6.33 Å². The van der Waals surface area contributed by atoms with Gasteiger partial charge in [0.2, 0.25) is 5.88 Å². The summed E-state index contributed by atoms with van der Waals surface area (Å²) in [6.45, 7) is 0. The maximum Gasteiger partial charge on any atom is 0.216 e. The van der Waals surface area contributed by atoms with Crippen molar-refractivity contribution in [3.05, 3.63) is 51.9 Å². The minimum Gasteiger partial charge on any atom is -0.481 e. The van der Waals surface area contributed by atoms with E-state index in [-0.39, 0.29) is 0 Å². The molecule has 100 valence electrons. The first kappa shape index (κ1) is 14.1. The Morgan fingerprint density at radius 2 is 2.05 bits per heavy atom. The van der Waals surface area contributed by atoms with E-state index in [4.69, 9.17) is 27.9 Å². The predicted octanol–water partition coefficient (Wildman–Crippen LogP) is 3.07. The Morgan fingerprint density at radius 3 is 2.74 bits per heavy atom. The Labute approximate surface area is 121 Å². The number of aliphatic hydroxyl groups excluding tert-OH is 1. The third-order valence-corrected chi connectivity index (χ3v) is 3.19. The predicted molar refractivity (Wildman–Crippen MR) is 73.7 cm³/mol. The quantitative estimate of drug-likeness (QED) is 0.942. The molecule has 1 unspecified atom stereocenters. The number of ether oxygens (including phenoxy) is 1. The first-order valence-electron chi connectivity index (χ1n) is 5.58. The molecule has 0 aliphatic carbocycles. The Bertz CT molecular complexity index is 578. The van der Waals surface area contributed by atoms with Crippen molar-refractivity contribution in [3.63, 3.8) is 0 Å². The molecule has 4 nitrogen and oxygen atoms in total. The van der Waals surface area contributed by atoms with Crippen LogP contribution >= 0.6 is 23.2 Å². The lowest BCUT2D eigenvalue weighted by Gasteiger charge is -2.12. The summed E-state index contributed by atoms with van der Waals surface area (Å²) in [6, 6.07) is 6.66. The number of benzene rings is 1. The van der Waals surface area contributed by atoms with E-state index in [2.05, 4.69) is 9.97 Å². The van der Waals surface area contributed by atoms with Crippen LogP contribution in [-0.2, 0) is 6.42 Å². The average Bonchev–Trinajstić information content (AvgIpc) is 2.38. The molecule has 1 aromatic carbocycles. The van der Waals surface area contributed by atoms with Gasteiger partial charge in [-0.1, -0.05) is 29.3 Å². The van der Waals surface area contributed by atoms with E-state index in [9.17, 15) is 5.11 Å². The van der Waals surface area contributed by atoms with Gasteiger partial charge in [-0.3, -0.25) is 0 Å². The van der Waals surface area contributed by atoms with Crippen molar-refractivity contribution in [1.29, 1.82) is 0 Å². The highest BCUT2D eigenvalue weighted by Gasteiger charge is 2.14. The normalized spacial score (nSPS) is 12.2. The first-order chi connectivity index (χ1) is 9.10. The Balaban J connectivity index is 2.17. The first-order valence-corrected chi connectivity index (χ1v) is 6.33. The zero-order chi connectivity index (χ0) is 13.8. The second-order valence-electron chi connectivity index (χ2n) is 3.94. The van der Waals surface area contributed by atoms with Crippen LogP contribution in [0.4, 0.5) is 0 Å². The van der Waals surface area contributed by atoms with Crippen LogP contribution in [0.1, 0.15) is 17.4 Å². The highest BCUT2D eigenvalue weighted by Crippen LogP contribution is 2.28. The average molecular weight is 299 g/mol. The van der Waals surface area contributed by atoms with Crippen molar-refractivity contribution in [3.8, 4) is 5.88 Å². The van der Waals surface area contributed by atoms with Gasteiger partial charge in [0.25, 0.3) is 0 Å². The standard InChI is InChI=1S/C13H12Cl2N2O2/c1-19-13-6-9(16-7-17-13)5-12(18)10-3-2-8(14)4-11(10)15/h2-4,6-7,12,18H,5H2,1H3. The molecule has 1 heterocycles. The summed E-state index contributed by atoms with van der Waals surface area (Å²) in [5.74, 6) is 0.458. The lowest BCUT2D eigenvalue weighted by molar-refractivity contribution is 0.177. The SMILES string of the molecule is COc1cc(CC(O)c2ccc(Cl)cc2Cl)ncn1. The zero-order valence-corrected chi connectivity index (χ0v) is 11.7. The topological polar surface area (TPSA) is 55.2 Å². The Morgan fingerprint density at radius 1 is 1.26 bits per heavy atom. The van der Waals surface area contributed by atoms with Crippen LogP contribution in [0, 0.1) is 0 Å².